The molecule has 0 amide bonds. The van der Waals surface area contributed by atoms with Gasteiger partial charge < -0.3 is 14.2 Å². The number of hydrogen-bond donors (Lipinski definition) is 0. The Kier molecular flexibility index (Phi) is 9.37. The molecule has 1 atom stereocenters. The first-order valence-corrected chi connectivity index (χ1v) is 15.7. The lowest BCUT2D eigenvalue weighted by Crippen LogP contribution is -2.39. The lowest BCUT2D eigenvalue weighted by Gasteiger charge is -2.25. The normalized spacial score (nSPS) is 14.8. The highest BCUT2D eigenvalue weighted by atomic mass is 79.9. The summed E-state index contributed by atoms with van der Waals surface area (Å²) in [7, 11) is 1.58. The number of carbonyl (C=O) groups excluding carboxylic acids is 1. The first-order chi connectivity index (χ1) is 20.2. The Labute approximate surface area is 268 Å². The number of methoxy groups -OCH3 is 1. The predicted molar refractivity (Wildman–Crippen MR) is 171 cm³/mol. The second-order valence-electron chi connectivity index (χ2n) is 9.30. The van der Waals surface area contributed by atoms with Gasteiger partial charge in [0.05, 0.1) is 44.5 Å². The monoisotopic (exact) mass is 730 g/mol. The molecule has 3 aromatic carbocycles. The second-order valence-corrected chi connectivity index (χ2v) is 12.5. The van der Waals surface area contributed by atoms with Gasteiger partial charge in [-0.05, 0) is 105 Å². The van der Waals surface area contributed by atoms with Gasteiger partial charge in [0, 0.05) is 5.02 Å². The molecule has 1 aliphatic rings. The van der Waals surface area contributed by atoms with E-state index in [1.807, 2.05) is 60.7 Å². The Balaban J connectivity index is 1.53. The molecular formula is C31H25Br2ClN2O5S. The zero-order valence-electron chi connectivity index (χ0n) is 22.8. The minimum absolute atomic E-state index is 0.202. The molecule has 5 rings (SSSR count). The van der Waals surface area contributed by atoms with Crippen molar-refractivity contribution in [3.8, 4) is 11.5 Å². The van der Waals surface area contributed by atoms with Gasteiger partial charge in [-0.2, -0.15) is 0 Å². The highest BCUT2D eigenvalue weighted by Gasteiger charge is 2.33. The maximum absolute atomic E-state index is 13.9. The summed E-state index contributed by atoms with van der Waals surface area (Å²) >= 11 is 14.4. The van der Waals surface area contributed by atoms with Crippen molar-refractivity contribution in [2.24, 2.45) is 4.99 Å². The highest BCUT2D eigenvalue weighted by Crippen LogP contribution is 2.35. The van der Waals surface area contributed by atoms with Crippen LogP contribution in [0.4, 0.5) is 0 Å². The number of hydrogen-bond acceptors (Lipinski definition) is 7. The molecule has 0 saturated heterocycles. The van der Waals surface area contributed by atoms with E-state index < -0.39 is 12.0 Å². The lowest BCUT2D eigenvalue weighted by atomic mass is 9.96. The fourth-order valence-electron chi connectivity index (χ4n) is 4.58. The van der Waals surface area contributed by atoms with Crippen LogP contribution < -0.4 is 24.4 Å². The van der Waals surface area contributed by atoms with Gasteiger partial charge in [-0.1, -0.05) is 47.2 Å². The van der Waals surface area contributed by atoms with Crippen molar-refractivity contribution in [2.45, 2.75) is 26.5 Å². The van der Waals surface area contributed by atoms with Crippen molar-refractivity contribution in [3.05, 3.63) is 122 Å². The molecule has 0 N–H and O–H groups in total. The summed E-state index contributed by atoms with van der Waals surface area (Å²) in [4.78, 5) is 32.2. The van der Waals surface area contributed by atoms with Gasteiger partial charge in [0.1, 0.15) is 18.1 Å². The zero-order valence-corrected chi connectivity index (χ0v) is 27.6. The van der Waals surface area contributed by atoms with E-state index in [4.69, 9.17) is 25.8 Å². The molecule has 0 bridgehead atoms. The molecular weight excluding hydrogens is 708 g/mol. The van der Waals surface area contributed by atoms with Crippen molar-refractivity contribution >= 4 is 66.8 Å². The van der Waals surface area contributed by atoms with E-state index in [-0.39, 0.29) is 12.2 Å². The number of carbonyl (C=O) groups is 1. The van der Waals surface area contributed by atoms with E-state index in [1.54, 1.807) is 31.6 Å². The number of fused-ring (bicyclic) bond motifs is 1. The van der Waals surface area contributed by atoms with Crippen LogP contribution in [0.3, 0.4) is 0 Å². The minimum Gasteiger partial charge on any atom is -0.496 e. The number of ether oxygens (including phenoxy) is 3. The average Bonchev–Trinajstić information content (AvgIpc) is 3.26. The zero-order chi connectivity index (χ0) is 30.0. The van der Waals surface area contributed by atoms with Gasteiger partial charge in [0.25, 0.3) is 5.56 Å². The van der Waals surface area contributed by atoms with E-state index in [2.05, 4.69) is 36.9 Å². The predicted octanol–water partition coefficient (Wildman–Crippen LogP) is 6.56. The standard InChI is InChI=1S/C31H25Br2ClN2O5S/c1-4-40-30(38)27-17(2)35-31-36(28(27)20-8-12-24(39-3)23(33)15-20)29(37)26(42-31)14-19-7-11-25(22(32)13-19)41-16-18-5-9-21(34)10-6-18/h5-15,28H,4,16H2,1-3H3/b26-14+/t28-/m1/s1. The van der Waals surface area contributed by atoms with Gasteiger partial charge >= 0.3 is 5.97 Å². The van der Waals surface area contributed by atoms with Crippen LogP contribution in [0, 0.1) is 0 Å². The molecule has 0 radical (unpaired) electrons. The summed E-state index contributed by atoms with van der Waals surface area (Å²) in [6.45, 7) is 4.09. The van der Waals surface area contributed by atoms with E-state index in [0.717, 1.165) is 21.2 Å². The molecule has 11 heteroatoms. The van der Waals surface area contributed by atoms with E-state index in [9.17, 15) is 9.59 Å². The smallest absolute Gasteiger partial charge is 0.338 e. The number of aromatic nitrogens is 1. The number of benzene rings is 3. The number of esters is 1. The first-order valence-electron chi connectivity index (χ1n) is 12.9. The van der Waals surface area contributed by atoms with Crippen molar-refractivity contribution < 1.29 is 19.0 Å². The molecule has 1 aromatic heterocycles. The third-order valence-corrected chi connectivity index (χ3v) is 9.04. The molecule has 0 unspecified atom stereocenters. The van der Waals surface area contributed by atoms with Crippen LogP contribution in [0.15, 0.2) is 90.7 Å². The molecule has 1 aliphatic heterocycles. The topological polar surface area (TPSA) is 79.1 Å². The van der Waals surface area contributed by atoms with Crippen LogP contribution in [-0.4, -0.2) is 24.3 Å². The third kappa shape index (κ3) is 6.27. The SMILES string of the molecule is CCOC(=O)C1=C(C)N=c2s/c(=C/c3ccc(OCc4ccc(Cl)cc4)c(Br)c3)c(=O)n2[C@@H]1c1ccc(OC)c(Br)c1. The van der Waals surface area contributed by atoms with Crippen LogP contribution in [-0.2, 0) is 16.1 Å². The summed E-state index contributed by atoms with van der Waals surface area (Å²) in [6, 6.07) is 17.9. The molecule has 0 saturated carbocycles. The third-order valence-electron chi connectivity index (χ3n) is 6.57. The highest BCUT2D eigenvalue weighted by molar-refractivity contribution is 9.10. The lowest BCUT2D eigenvalue weighted by molar-refractivity contribution is -0.139. The molecule has 7 nitrogen and oxygen atoms in total. The Bertz CT molecular complexity index is 1880. The summed E-state index contributed by atoms with van der Waals surface area (Å²) < 4.78 is 20.2. The minimum atomic E-state index is -0.722. The van der Waals surface area contributed by atoms with Crippen LogP contribution in [0.5, 0.6) is 11.5 Å². The fourth-order valence-corrected chi connectivity index (χ4v) is 6.82. The van der Waals surface area contributed by atoms with Crippen LogP contribution in [0.1, 0.15) is 36.6 Å². The second kappa shape index (κ2) is 13.0. The van der Waals surface area contributed by atoms with Gasteiger partial charge in [-0.25, -0.2) is 9.79 Å². The van der Waals surface area contributed by atoms with Crippen molar-refractivity contribution in [1.82, 2.24) is 4.57 Å². The van der Waals surface area contributed by atoms with Gasteiger partial charge in [0.2, 0.25) is 0 Å². The molecule has 0 spiro atoms. The number of rotatable bonds is 8. The number of halogens is 3. The van der Waals surface area contributed by atoms with E-state index in [0.29, 0.717) is 48.2 Å². The summed E-state index contributed by atoms with van der Waals surface area (Å²) in [5.74, 6) is 0.794. The van der Waals surface area contributed by atoms with E-state index >= 15 is 0 Å². The first kappa shape index (κ1) is 30.3. The van der Waals surface area contributed by atoms with Crippen LogP contribution in [0.25, 0.3) is 6.08 Å². The maximum atomic E-state index is 13.9. The summed E-state index contributed by atoms with van der Waals surface area (Å²) in [5.41, 5.74) is 3.08. The van der Waals surface area contributed by atoms with Crippen LogP contribution >= 0.6 is 54.8 Å². The van der Waals surface area contributed by atoms with Crippen molar-refractivity contribution in [2.75, 3.05) is 13.7 Å². The number of nitrogens with zero attached hydrogens (tertiary/aromatic N) is 2. The Hall–Kier alpha value is -3.18. The maximum Gasteiger partial charge on any atom is 0.338 e. The summed E-state index contributed by atoms with van der Waals surface area (Å²) in [6.07, 6.45) is 1.81. The molecule has 2 heterocycles. The van der Waals surface area contributed by atoms with Gasteiger partial charge in [0.15, 0.2) is 4.80 Å². The summed E-state index contributed by atoms with van der Waals surface area (Å²) in [5, 5.41) is 0.671. The number of allylic oxidation sites excluding steroid dienone is 1. The Morgan fingerprint density at radius 2 is 1.79 bits per heavy atom. The van der Waals surface area contributed by atoms with Gasteiger partial charge in [-0.3, -0.25) is 9.36 Å². The van der Waals surface area contributed by atoms with Gasteiger partial charge in [-0.15, -0.1) is 0 Å². The Morgan fingerprint density at radius 1 is 1.07 bits per heavy atom. The van der Waals surface area contributed by atoms with Crippen molar-refractivity contribution in [3.63, 3.8) is 0 Å². The Morgan fingerprint density at radius 3 is 2.45 bits per heavy atom. The molecule has 0 fully saturated rings. The quantitative estimate of drug-likeness (QED) is 0.192. The molecule has 42 heavy (non-hydrogen) atoms. The largest absolute Gasteiger partial charge is 0.496 e. The molecule has 0 aliphatic carbocycles. The average molecular weight is 733 g/mol. The molecule has 4 aromatic rings. The fraction of sp³-hybridized carbons (Fsp3) is 0.194. The number of thiazole rings is 1. The molecule has 216 valence electrons. The van der Waals surface area contributed by atoms with Crippen LogP contribution in [0.2, 0.25) is 5.02 Å². The van der Waals surface area contributed by atoms with Crippen molar-refractivity contribution in [1.29, 1.82) is 0 Å². The van der Waals surface area contributed by atoms with E-state index in [1.165, 1.54) is 11.3 Å².